The van der Waals surface area contributed by atoms with Crippen molar-refractivity contribution in [1.82, 2.24) is 10.2 Å². The van der Waals surface area contributed by atoms with Gasteiger partial charge in [0.05, 0.1) is 12.7 Å². The first-order valence-electron chi connectivity index (χ1n) is 8.82. The number of benzene rings is 1. The maximum Gasteiger partial charge on any atom is 0.119 e. The molecule has 0 radical (unpaired) electrons. The van der Waals surface area contributed by atoms with Crippen molar-refractivity contribution in [2.24, 2.45) is 0 Å². The smallest absolute Gasteiger partial charge is 0.119 e. The number of nitriles is 1. The lowest BCUT2D eigenvalue weighted by molar-refractivity contribution is 0.209. The third-order valence-corrected chi connectivity index (χ3v) is 4.24. The highest BCUT2D eigenvalue weighted by molar-refractivity contribution is 5.28. The third-order valence-electron chi connectivity index (χ3n) is 4.24. The van der Waals surface area contributed by atoms with Crippen LogP contribution in [0.5, 0.6) is 5.75 Å². The molecule has 1 fully saturated rings. The maximum absolute atomic E-state index is 8.53. The molecule has 1 atom stereocenters. The normalized spacial score (nSPS) is 16.7. The van der Waals surface area contributed by atoms with E-state index >= 15 is 0 Å². The summed E-state index contributed by atoms with van der Waals surface area (Å²) in [6.45, 7) is 7.36. The van der Waals surface area contributed by atoms with Gasteiger partial charge in [0.2, 0.25) is 0 Å². The fourth-order valence-electron chi connectivity index (χ4n) is 2.97. The van der Waals surface area contributed by atoms with Crippen LogP contribution in [0.1, 0.15) is 44.6 Å². The Balaban J connectivity index is 1.70. The van der Waals surface area contributed by atoms with E-state index in [2.05, 4.69) is 35.3 Å². The van der Waals surface area contributed by atoms with Crippen molar-refractivity contribution in [2.75, 3.05) is 26.2 Å². The van der Waals surface area contributed by atoms with Gasteiger partial charge in [-0.2, -0.15) is 5.26 Å². The Morgan fingerprint density at radius 2 is 2.13 bits per heavy atom. The van der Waals surface area contributed by atoms with Crippen LogP contribution in [0.15, 0.2) is 24.3 Å². The Bertz CT molecular complexity index is 492. The summed E-state index contributed by atoms with van der Waals surface area (Å²) in [5.74, 6) is 0.894. The first kappa shape index (κ1) is 17.8. The fraction of sp³-hybridized carbons (Fsp3) is 0.632. The number of nitrogens with zero attached hydrogens (tertiary/aromatic N) is 2. The van der Waals surface area contributed by atoms with Crippen molar-refractivity contribution in [2.45, 2.75) is 51.6 Å². The Labute approximate surface area is 140 Å². The predicted octanol–water partition coefficient (Wildman–Crippen LogP) is 3.33. The maximum atomic E-state index is 8.53. The van der Waals surface area contributed by atoms with E-state index in [1.807, 2.05) is 12.1 Å². The van der Waals surface area contributed by atoms with Crippen LogP contribution >= 0.6 is 0 Å². The van der Waals surface area contributed by atoms with Gasteiger partial charge < -0.3 is 15.0 Å². The number of rotatable bonds is 9. The number of likely N-dealkylation sites (tertiary alicyclic amines) is 1. The summed E-state index contributed by atoms with van der Waals surface area (Å²) in [6.07, 6.45) is 5.41. The number of hydrogen-bond donors (Lipinski definition) is 1. The van der Waals surface area contributed by atoms with Crippen LogP contribution in [-0.4, -0.2) is 37.2 Å². The Morgan fingerprint density at radius 1 is 1.30 bits per heavy atom. The molecule has 1 saturated heterocycles. The Kier molecular flexibility index (Phi) is 7.92. The molecule has 0 aliphatic carbocycles. The molecule has 1 aliphatic heterocycles. The summed E-state index contributed by atoms with van der Waals surface area (Å²) < 4.78 is 5.69. The molecule has 1 unspecified atom stereocenters. The van der Waals surface area contributed by atoms with Gasteiger partial charge in [0.1, 0.15) is 5.75 Å². The summed E-state index contributed by atoms with van der Waals surface area (Å²) in [6, 6.07) is 10.9. The Morgan fingerprint density at radius 3 is 2.91 bits per heavy atom. The topological polar surface area (TPSA) is 48.3 Å². The minimum atomic E-state index is 0.494. The number of unbranched alkanes of at least 4 members (excludes halogenated alkanes) is 1. The second-order valence-corrected chi connectivity index (χ2v) is 6.40. The second kappa shape index (κ2) is 10.3. The van der Waals surface area contributed by atoms with Crippen molar-refractivity contribution < 1.29 is 4.74 Å². The van der Waals surface area contributed by atoms with Gasteiger partial charge in [0.15, 0.2) is 0 Å². The summed E-state index contributed by atoms with van der Waals surface area (Å²) in [7, 11) is 0. The molecule has 1 N–H and O–H groups in total. The van der Waals surface area contributed by atoms with Crippen LogP contribution in [0.25, 0.3) is 0 Å². The van der Waals surface area contributed by atoms with E-state index in [-0.39, 0.29) is 0 Å². The number of ether oxygens (including phenoxy) is 1. The molecule has 2 rings (SSSR count). The minimum Gasteiger partial charge on any atom is -0.494 e. The molecular formula is C19H29N3O. The van der Waals surface area contributed by atoms with E-state index in [0.29, 0.717) is 19.1 Å². The lowest BCUT2D eigenvalue weighted by Gasteiger charge is -2.29. The van der Waals surface area contributed by atoms with E-state index in [4.69, 9.17) is 10.00 Å². The molecule has 0 aromatic heterocycles. The lowest BCUT2D eigenvalue weighted by Crippen LogP contribution is -2.41. The van der Waals surface area contributed by atoms with Crippen LogP contribution in [0.2, 0.25) is 0 Å². The summed E-state index contributed by atoms with van der Waals surface area (Å²) >= 11 is 0. The van der Waals surface area contributed by atoms with Gasteiger partial charge in [-0.1, -0.05) is 18.6 Å². The van der Waals surface area contributed by atoms with Gasteiger partial charge in [-0.3, -0.25) is 0 Å². The van der Waals surface area contributed by atoms with E-state index < -0.39 is 0 Å². The lowest BCUT2D eigenvalue weighted by atomic mass is 10.1. The van der Waals surface area contributed by atoms with Crippen LogP contribution in [0.4, 0.5) is 0 Å². The van der Waals surface area contributed by atoms with Crippen molar-refractivity contribution >= 4 is 0 Å². The molecule has 1 aromatic rings. The zero-order valence-electron chi connectivity index (χ0n) is 14.3. The van der Waals surface area contributed by atoms with Gasteiger partial charge in [0.25, 0.3) is 0 Å². The van der Waals surface area contributed by atoms with E-state index in [1.165, 1.54) is 37.9 Å². The standard InChI is InChI=1S/C19H29N3O/c1-17(16-22-11-4-2-5-12-22)21-15-18-8-7-9-19(14-18)23-13-6-3-10-20/h7-9,14,17,21H,2-6,11-13,15-16H2,1H3. The highest BCUT2D eigenvalue weighted by Crippen LogP contribution is 2.14. The van der Waals surface area contributed by atoms with E-state index in [0.717, 1.165) is 25.3 Å². The van der Waals surface area contributed by atoms with E-state index in [9.17, 15) is 0 Å². The van der Waals surface area contributed by atoms with Crippen molar-refractivity contribution in [1.29, 1.82) is 5.26 Å². The van der Waals surface area contributed by atoms with Gasteiger partial charge in [-0.25, -0.2) is 0 Å². The summed E-state index contributed by atoms with van der Waals surface area (Å²) in [4.78, 5) is 2.57. The molecule has 1 aromatic carbocycles. The molecule has 0 spiro atoms. The molecule has 126 valence electrons. The van der Waals surface area contributed by atoms with Crippen molar-refractivity contribution in [3.63, 3.8) is 0 Å². The molecule has 1 heterocycles. The number of piperidine rings is 1. The zero-order valence-corrected chi connectivity index (χ0v) is 14.3. The molecule has 23 heavy (non-hydrogen) atoms. The zero-order chi connectivity index (χ0) is 16.3. The largest absolute Gasteiger partial charge is 0.494 e. The SMILES string of the molecule is CC(CN1CCCCC1)NCc1cccc(OCCCC#N)c1. The van der Waals surface area contributed by atoms with Crippen LogP contribution in [0.3, 0.4) is 0 Å². The van der Waals surface area contributed by atoms with Gasteiger partial charge in [-0.05, 0) is 57.0 Å². The van der Waals surface area contributed by atoms with Crippen molar-refractivity contribution in [3.8, 4) is 11.8 Å². The van der Waals surface area contributed by atoms with E-state index in [1.54, 1.807) is 0 Å². The Hall–Kier alpha value is -1.57. The van der Waals surface area contributed by atoms with Crippen LogP contribution < -0.4 is 10.1 Å². The third kappa shape index (κ3) is 7.02. The molecule has 4 nitrogen and oxygen atoms in total. The van der Waals surface area contributed by atoms with Crippen LogP contribution in [-0.2, 0) is 6.54 Å². The molecule has 0 bridgehead atoms. The van der Waals surface area contributed by atoms with Gasteiger partial charge in [-0.15, -0.1) is 0 Å². The quantitative estimate of drug-likeness (QED) is 0.710. The minimum absolute atomic E-state index is 0.494. The number of nitrogens with one attached hydrogen (secondary N) is 1. The molecule has 0 saturated carbocycles. The summed E-state index contributed by atoms with van der Waals surface area (Å²) in [5, 5.41) is 12.1. The first-order chi connectivity index (χ1) is 11.3. The van der Waals surface area contributed by atoms with Gasteiger partial charge >= 0.3 is 0 Å². The number of hydrogen-bond acceptors (Lipinski definition) is 4. The molecule has 1 aliphatic rings. The molecular weight excluding hydrogens is 286 g/mol. The second-order valence-electron chi connectivity index (χ2n) is 6.40. The highest BCUT2D eigenvalue weighted by Gasteiger charge is 2.12. The average molecular weight is 315 g/mol. The summed E-state index contributed by atoms with van der Waals surface area (Å²) in [5.41, 5.74) is 1.24. The fourth-order valence-corrected chi connectivity index (χ4v) is 2.97. The average Bonchev–Trinajstić information content (AvgIpc) is 2.58. The van der Waals surface area contributed by atoms with Crippen LogP contribution in [0, 0.1) is 11.3 Å². The van der Waals surface area contributed by atoms with Crippen molar-refractivity contribution in [3.05, 3.63) is 29.8 Å². The molecule has 0 amide bonds. The first-order valence-corrected chi connectivity index (χ1v) is 8.82. The van der Waals surface area contributed by atoms with Gasteiger partial charge in [0, 0.05) is 25.6 Å². The molecule has 4 heteroatoms. The monoisotopic (exact) mass is 315 g/mol. The predicted molar refractivity (Wildman–Crippen MR) is 93.4 cm³/mol. The highest BCUT2D eigenvalue weighted by atomic mass is 16.5.